The summed E-state index contributed by atoms with van der Waals surface area (Å²) in [5.41, 5.74) is 1.62. The van der Waals surface area contributed by atoms with Crippen LogP contribution in [0.3, 0.4) is 0 Å². The lowest BCUT2D eigenvalue weighted by Crippen LogP contribution is -2.29. The number of Topliss-reactive ketones (excluding diaryl/α,β-unsaturated/α-hetero) is 1. The number of hydrogen-bond acceptors (Lipinski definition) is 4. The molecule has 0 fully saturated rings. The summed E-state index contributed by atoms with van der Waals surface area (Å²) in [5.74, 6) is -0.362. The fourth-order valence-electron chi connectivity index (χ4n) is 2.12. The van der Waals surface area contributed by atoms with Crippen LogP contribution in [-0.2, 0) is 11.3 Å². The average molecular weight is 321 g/mol. The monoisotopic (exact) mass is 320 g/mol. The first-order chi connectivity index (χ1) is 9.08. The number of fused-ring (bicyclic) bond motifs is 1. The molecule has 0 bridgehead atoms. The topological polar surface area (TPSA) is 63.4 Å². The smallest absolute Gasteiger partial charge is 0.299 e. The Morgan fingerprint density at radius 1 is 1.37 bits per heavy atom. The van der Waals surface area contributed by atoms with E-state index in [4.69, 9.17) is 4.52 Å². The van der Waals surface area contributed by atoms with Gasteiger partial charge < -0.3 is 4.52 Å². The number of benzene rings is 1. The van der Waals surface area contributed by atoms with Gasteiger partial charge in [-0.15, -0.1) is 0 Å². The lowest BCUT2D eigenvalue weighted by Gasteiger charge is -2.15. The van der Waals surface area contributed by atoms with Gasteiger partial charge in [0.15, 0.2) is 0 Å². The molecule has 0 saturated carbocycles. The molecule has 19 heavy (non-hydrogen) atoms. The molecule has 3 rings (SSSR count). The van der Waals surface area contributed by atoms with Gasteiger partial charge in [0.25, 0.3) is 11.7 Å². The predicted molar refractivity (Wildman–Crippen MR) is 70.9 cm³/mol. The maximum absolute atomic E-state index is 12.0. The van der Waals surface area contributed by atoms with Crippen LogP contribution in [0.5, 0.6) is 0 Å². The van der Waals surface area contributed by atoms with Gasteiger partial charge in [-0.1, -0.05) is 11.2 Å². The molecule has 1 aromatic heterocycles. The first-order valence-corrected chi connectivity index (χ1v) is 6.44. The molecular formula is C13H9BrN2O3. The third kappa shape index (κ3) is 1.88. The van der Waals surface area contributed by atoms with Crippen molar-refractivity contribution in [1.29, 1.82) is 0 Å². The van der Waals surface area contributed by atoms with Crippen LogP contribution in [0.4, 0.5) is 5.69 Å². The summed E-state index contributed by atoms with van der Waals surface area (Å²) in [6.07, 6.45) is 0. The summed E-state index contributed by atoms with van der Waals surface area (Å²) in [5, 5.41) is 3.85. The Balaban J connectivity index is 2.04. The summed E-state index contributed by atoms with van der Waals surface area (Å²) < 4.78 is 5.68. The standard InChI is InChI=1S/C13H9BrN2O3/c1-7-5-8(15-19-7)6-16-11-9(12(17)13(16)18)3-2-4-10(11)14/h2-5H,6H2,1H3. The molecular weight excluding hydrogens is 312 g/mol. The van der Waals surface area contributed by atoms with Gasteiger partial charge in [0, 0.05) is 10.5 Å². The summed E-state index contributed by atoms with van der Waals surface area (Å²) in [7, 11) is 0. The average Bonchev–Trinajstić information content (AvgIpc) is 2.89. The van der Waals surface area contributed by atoms with Gasteiger partial charge in [0.2, 0.25) is 0 Å². The molecule has 0 atom stereocenters. The highest BCUT2D eigenvalue weighted by atomic mass is 79.9. The van der Waals surface area contributed by atoms with Gasteiger partial charge in [-0.2, -0.15) is 0 Å². The molecule has 0 saturated heterocycles. The van der Waals surface area contributed by atoms with Gasteiger partial charge in [0.1, 0.15) is 11.5 Å². The maximum Gasteiger partial charge on any atom is 0.299 e. The number of ketones is 1. The van der Waals surface area contributed by atoms with Gasteiger partial charge in [-0.3, -0.25) is 14.5 Å². The molecule has 1 aromatic carbocycles. The minimum atomic E-state index is -0.539. The van der Waals surface area contributed by atoms with Crippen LogP contribution in [0.1, 0.15) is 21.8 Å². The Labute approximate surface area is 117 Å². The first kappa shape index (κ1) is 12.1. The number of carbonyl (C=O) groups is 2. The number of nitrogens with zero attached hydrogens (tertiary/aromatic N) is 2. The van der Waals surface area contributed by atoms with Crippen molar-refractivity contribution < 1.29 is 14.1 Å². The van der Waals surface area contributed by atoms with Crippen molar-refractivity contribution in [1.82, 2.24) is 5.16 Å². The molecule has 1 aliphatic heterocycles. The van der Waals surface area contributed by atoms with Crippen LogP contribution in [0.2, 0.25) is 0 Å². The van der Waals surface area contributed by atoms with Crippen LogP contribution in [0, 0.1) is 6.92 Å². The summed E-state index contributed by atoms with van der Waals surface area (Å²) >= 11 is 3.37. The highest BCUT2D eigenvalue weighted by Crippen LogP contribution is 2.36. The SMILES string of the molecule is Cc1cc(CN2C(=O)C(=O)c3cccc(Br)c32)no1. The molecule has 1 aliphatic rings. The van der Waals surface area contributed by atoms with Crippen LogP contribution >= 0.6 is 15.9 Å². The zero-order valence-electron chi connectivity index (χ0n) is 10.0. The third-order valence-corrected chi connectivity index (χ3v) is 3.58. The molecule has 96 valence electrons. The van der Waals surface area contributed by atoms with Gasteiger partial charge in [0.05, 0.1) is 17.8 Å². The van der Waals surface area contributed by atoms with Crippen LogP contribution in [0.15, 0.2) is 33.3 Å². The number of para-hydroxylation sites is 1. The van der Waals surface area contributed by atoms with E-state index in [0.717, 1.165) is 0 Å². The predicted octanol–water partition coefficient (Wildman–Crippen LogP) is 2.48. The van der Waals surface area contributed by atoms with Crippen molar-refractivity contribution in [2.24, 2.45) is 0 Å². The van der Waals surface area contributed by atoms with E-state index in [9.17, 15) is 9.59 Å². The van der Waals surface area contributed by atoms with Gasteiger partial charge >= 0.3 is 0 Å². The van der Waals surface area contributed by atoms with Gasteiger partial charge in [-0.05, 0) is 35.0 Å². The van der Waals surface area contributed by atoms with E-state index in [1.807, 2.05) is 0 Å². The fraction of sp³-hybridized carbons (Fsp3) is 0.154. The Bertz CT molecular complexity index is 693. The van der Waals surface area contributed by atoms with Crippen LogP contribution in [-0.4, -0.2) is 16.8 Å². The minimum Gasteiger partial charge on any atom is -0.361 e. The molecule has 6 heteroatoms. The van der Waals surface area contributed by atoms with E-state index in [0.29, 0.717) is 27.2 Å². The number of aryl methyl sites for hydroxylation is 1. The zero-order valence-corrected chi connectivity index (χ0v) is 11.6. The van der Waals surface area contributed by atoms with E-state index < -0.39 is 11.7 Å². The maximum atomic E-state index is 12.0. The summed E-state index contributed by atoms with van der Waals surface area (Å²) in [6, 6.07) is 6.92. The second kappa shape index (κ2) is 4.31. The highest BCUT2D eigenvalue weighted by molar-refractivity contribution is 9.10. The molecule has 2 heterocycles. The second-order valence-electron chi connectivity index (χ2n) is 4.29. The fourth-order valence-corrected chi connectivity index (χ4v) is 2.70. The second-order valence-corrected chi connectivity index (χ2v) is 5.14. The molecule has 0 unspecified atom stereocenters. The molecule has 0 spiro atoms. The Hall–Kier alpha value is -1.95. The van der Waals surface area contributed by atoms with Crippen molar-refractivity contribution in [3.8, 4) is 0 Å². The lowest BCUT2D eigenvalue weighted by atomic mass is 10.1. The number of hydrogen-bond donors (Lipinski definition) is 0. The zero-order chi connectivity index (χ0) is 13.6. The largest absolute Gasteiger partial charge is 0.361 e. The third-order valence-electron chi connectivity index (χ3n) is 2.94. The Morgan fingerprint density at radius 3 is 2.84 bits per heavy atom. The summed E-state index contributed by atoms with van der Waals surface area (Å²) in [4.78, 5) is 25.3. The normalized spacial score (nSPS) is 14.1. The number of aromatic nitrogens is 1. The van der Waals surface area contributed by atoms with Gasteiger partial charge in [-0.25, -0.2) is 0 Å². The number of carbonyl (C=O) groups excluding carboxylic acids is 2. The minimum absolute atomic E-state index is 0.220. The van der Waals surface area contributed by atoms with Crippen LogP contribution in [0.25, 0.3) is 0 Å². The van der Waals surface area contributed by atoms with E-state index in [-0.39, 0.29) is 6.54 Å². The first-order valence-electron chi connectivity index (χ1n) is 5.65. The van der Waals surface area contributed by atoms with E-state index in [1.54, 1.807) is 31.2 Å². The molecule has 2 aromatic rings. The van der Waals surface area contributed by atoms with Crippen molar-refractivity contribution in [3.05, 3.63) is 45.8 Å². The van der Waals surface area contributed by atoms with E-state index >= 15 is 0 Å². The van der Waals surface area contributed by atoms with E-state index in [1.165, 1.54) is 4.90 Å². The van der Waals surface area contributed by atoms with Crippen molar-refractivity contribution in [2.75, 3.05) is 4.90 Å². The van der Waals surface area contributed by atoms with Crippen LogP contribution < -0.4 is 4.90 Å². The van der Waals surface area contributed by atoms with Crippen molar-refractivity contribution in [3.63, 3.8) is 0 Å². The van der Waals surface area contributed by atoms with Crippen molar-refractivity contribution in [2.45, 2.75) is 13.5 Å². The Morgan fingerprint density at radius 2 is 2.16 bits per heavy atom. The number of rotatable bonds is 2. The number of amides is 1. The molecule has 0 N–H and O–H groups in total. The molecule has 0 radical (unpaired) electrons. The Kier molecular flexibility index (Phi) is 2.74. The number of halogens is 1. The summed E-state index contributed by atoms with van der Waals surface area (Å²) in [6.45, 7) is 1.99. The molecule has 0 aliphatic carbocycles. The lowest BCUT2D eigenvalue weighted by molar-refractivity contribution is -0.114. The van der Waals surface area contributed by atoms with Crippen molar-refractivity contribution >= 4 is 33.3 Å². The number of anilines is 1. The molecule has 1 amide bonds. The highest BCUT2D eigenvalue weighted by Gasteiger charge is 2.37. The quantitative estimate of drug-likeness (QED) is 0.797. The molecule has 5 nitrogen and oxygen atoms in total. The van der Waals surface area contributed by atoms with E-state index in [2.05, 4.69) is 21.1 Å².